The normalized spacial score (nSPS) is 20.5. The van der Waals surface area contributed by atoms with Crippen molar-refractivity contribution in [3.8, 4) is 0 Å². The Morgan fingerprint density at radius 3 is 3.47 bits per heavy atom. The third-order valence-corrected chi connectivity index (χ3v) is 2.51. The van der Waals surface area contributed by atoms with Gasteiger partial charge in [-0.1, -0.05) is 0 Å². The standard InChI is InChI=1S/C10H15N3O2/c1-2-15-10(14)8-5-11-6-9-12-3-4-13(9)7-8/h3-4,8,11H,2,5-7H2,1H3. The number of rotatable bonds is 2. The number of nitrogens with one attached hydrogen (secondary N) is 1. The van der Waals surface area contributed by atoms with Crippen LogP contribution >= 0.6 is 0 Å². The number of fused-ring (bicyclic) bond motifs is 1. The molecule has 1 aromatic heterocycles. The lowest BCUT2D eigenvalue weighted by molar-refractivity contribution is -0.148. The van der Waals surface area contributed by atoms with Gasteiger partial charge in [0.25, 0.3) is 0 Å². The van der Waals surface area contributed by atoms with Gasteiger partial charge in [0.15, 0.2) is 0 Å². The fourth-order valence-electron chi connectivity index (χ4n) is 1.75. The van der Waals surface area contributed by atoms with Crippen LogP contribution in [0.25, 0.3) is 0 Å². The van der Waals surface area contributed by atoms with Crippen LogP contribution in [0.3, 0.4) is 0 Å². The number of aromatic nitrogens is 2. The molecule has 1 aromatic rings. The Labute approximate surface area is 88.4 Å². The monoisotopic (exact) mass is 209 g/mol. The molecule has 0 amide bonds. The van der Waals surface area contributed by atoms with Gasteiger partial charge in [0.2, 0.25) is 0 Å². The van der Waals surface area contributed by atoms with Crippen molar-refractivity contribution < 1.29 is 9.53 Å². The van der Waals surface area contributed by atoms with Crippen molar-refractivity contribution in [1.29, 1.82) is 0 Å². The highest BCUT2D eigenvalue weighted by Gasteiger charge is 2.23. The third kappa shape index (κ3) is 2.18. The minimum Gasteiger partial charge on any atom is -0.466 e. The Kier molecular flexibility index (Phi) is 3.01. The van der Waals surface area contributed by atoms with Crippen molar-refractivity contribution in [1.82, 2.24) is 14.9 Å². The van der Waals surface area contributed by atoms with E-state index in [1.165, 1.54) is 0 Å². The summed E-state index contributed by atoms with van der Waals surface area (Å²) in [6.45, 7) is 4.28. The quantitative estimate of drug-likeness (QED) is 0.705. The van der Waals surface area contributed by atoms with E-state index in [1.54, 1.807) is 6.20 Å². The van der Waals surface area contributed by atoms with E-state index in [2.05, 4.69) is 10.3 Å². The maximum Gasteiger partial charge on any atom is 0.312 e. The summed E-state index contributed by atoms with van der Waals surface area (Å²) in [5.41, 5.74) is 0. The summed E-state index contributed by atoms with van der Waals surface area (Å²) >= 11 is 0. The lowest BCUT2D eigenvalue weighted by Crippen LogP contribution is -2.29. The maximum atomic E-state index is 11.6. The molecule has 0 saturated heterocycles. The average Bonchev–Trinajstić information content (AvgIpc) is 2.56. The molecule has 1 N–H and O–H groups in total. The first kappa shape index (κ1) is 10.2. The van der Waals surface area contributed by atoms with Crippen LogP contribution in [0, 0.1) is 5.92 Å². The lowest BCUT2D eigenvalue weighted by atomic mass is 10.1. The van der Waals surface area contributed by atoms with E-state index in [4.69, 9.17) is 4.74 Å². The first-order valence-corrected chi connectivity index (χ1v) is 5.18. The topological polar surface area (TPSA) is 56.1 Å². The Hall–Kier alpha value is -1.36. The number of hydrogen-bond donors (Lipinski definition) is 1. The molecule has 1 unspecified atom stereocenters. The zero-order chi connectivity index (χ0) is 10.7. The number of ether oxygens (including phenoxy) is 1. The summed E-state index contributed by atoms with van der Waals surface area (Å²) in [5, 5.41) is 3.19. The molecule has 0 spiro atoms. The van der Waals surface area contributed by atoms with Crippen LogP contribution in [0.5, 0.6) is 0 Å². The summed E-state index contributed by atoms with van der Waals surface area (Å²) in [4.78, 5) is 15.8. The van der Waals surface area contributed by atoms with Gasteiger partial charge in [0, 0.05) is 25.5 Å². The molecule has 1 atom stereocenters. The van der Waals surface area contributed by atoms with Gasteiger partial charge in [-0.15, -0.1) is 0 Å². The van der Waals surface area contributed by atoms with Gasteiger partial charge >= 0.3 is 5.97 Å². The van der Waals surface area contributed by atoms with Crippen LogP contribution in [0.15, 0.2) is 12.4 Å². The van der Waals surface area contributed by atoms with Crippen molar-refractivity contribution in [3.63, 3.8) is 0 Å². The van der Waals surface area contributed by atoms with Gasteiger partial charge in [0.05, 0.1) is 19.1 Å². The second-order valence-corrected chi connectivity index (χ2v) is 3.58. The molecule has 2 heterocycles. The Balaban J connectivity index is 2.08. The first-order valence-electron chi connectivity index (χ1n) is 5.18. The third-order valence-electron chi connectivity index (χ3n) is 2.51. The summed E-state index contributed by atoms with van der Waals surface area (Å²) in [6, 6.07) is 0. The Morgan fingerprint density at radius 1 is 1.80 bits per heavy atom. The van der Waals surface area contributed by atoms with Crippen LogP contribution in [0.2, 0.25) is 0 Å². The lowest BCUT2D eigenvalue weighted by Gasteiger charge is -2.13. The fraction of sp³-hybridized carbons (Fsp3) is 0.600. The van der Waals surface area contributed by atoms with E-state index in [-0.39, 0.29) is 11.9 Å². The van der Waals surface area contributed by atoms with Crippen molar-refractivity contribution >= 4 is 5.97 Å². The summed E-state index contributed by atoms with van der Waals surface area (Å²) < 4.78 is 7.02. The summed E-state index contributed by atoms with van der Waals surface area (Å²) in [5.74, 6) is 0.730. The highest BCUT2D eigenvalue weighted by Crippen LogP contribution is 2.10. The molecule has 1 aliphatic rings. The van der Waals surface area contributed by atoms with Crippen molar-refractivity contribution in [3.05, 3.63) is 18.2 Å². The molecule has 82 valence electrons. The van der Waals surface area contributed by atoms with E-state index in [1.807, 2.05) is 17.7 Å². The molecule has 0 aromatic carbocycles. The molecular formula is C10H15N3O2. The number of carbonyl (C=O) groups is 1. The molecule has 5 heteroatoms. The van der Waals surface area contributed by atoms with E-state index >= 15 is 0 Å². The zero-order valence-electron chi connectivity index (χ0n) is 8.77. The zero-order valence-corrected chi connectivity index (χ0v) is 8.77. The van der Waals surface area contributed by atoms with E-state index in [0.29, 0.717) is 26.2 Å². The molecule has 0 radical (unpaired) electrons. The van der Waals surface area contributed by atoms with Crippen molar-refractivity contribution in [2.45, 2.75) is 20.0 Å². The highest BCUT2D eigenvalue weighted by atomic mass is 16.5. The van der Waals surface area contributed by atoms with Gasteiger partial charge in [-0.05, 0) is 6.92 Å². The van der Waals surface area contributed by atoms with E-state index in [9.17, 15) is 4.79 Å². The highest BCUT2D eigenvalue weighted by molar-refractivity contribution is 5.72. The Morgan fingerprint density at radius 2 is 2.67 bits per heavy atom. The first-order chi connectivity index (χ1) is 7.31. The molecule has 0 saturated carbocycles. The molecule has 0 bridgehead atoms. The van der Waals surface area contributed by atoms with Crippen molar-refractivity contribution in [2.75, 3.05) is 13.2 Å². The van der Waals surface area contributed by atoms with Crippen LogP contribution in [0.4, 0.5) is 0 Å². The van der Waals surface area contributed by atoms with Gasteiger partial charge in [-0.25, -0.2) is 4.98 Å². The molecule has 0 aliphatic carbocycles. The Bertz CT molecular complexity index is 348. The number of carbonyl (C=O) groups excluding carboxylic acids is 1. The van der Waals surface area contributed by atoms with Crippen LogP contribution in [0.1, 0.15) is 12.7 Å². The van der Waals surface area contributed by atoms with Crippen molar-refractivity contribution in [2.24, 2.45) is 5.92 Å². The predicted octanol–water partition coefficient (Wildman–Crippen LogP) is 0.166. The van der Waals surface area contributed by atoms with Crippen LogP contribution in [-0.2, 0) is 22.6 Å². The number of imidazole rings is 1. The predicted molar refractivity (Wildman–Crippen MR) is 54.1 cm³/mol. The van der Waals surface area contributed by atoms with E-state index < -0.39 is 0 Å². The minimum atomic E-state index is -0.133. The van der Waals surface area contributed by atoms with Gasteiger partial charge in [-0.2, -0.15) is 0 Å². The number of esters is 1. The van der Waals surface area contributed by atoms with Gasteiger partial charge in [-0.3, -0.25) is 4.79 Å². The molecule has 2 rings (SSSR count). The smallest absolute Gasteiger partial charge is 0.312 e. The molecule has 1 aliphatic heterocycles. The maximum absolute atomic E-state index is 11.6. The largest absolute Gasteiger partial charge is 0.466 e. The number of hydrogen-bond acceptors (Lipinski definition) is 4. The molecule has 15 heavy (non-hydrogen) atoms. The number of nitrogens with zero attached hydrogens (tertiary/aromatic N) is 2. The second-order valence-electron chi connectivity index (χ2n) is 3.58. The summed E-state index contributed by atoms with van der Waals surface area (Å²) in [7, 11) is 0. The van der Waals surface area contributed by atoms with E-state index in [0.717, 1.165) is 5.82 Å². The van der Waals surface area contributed by atoms with Gasteiger partial charge in [0.1, 0.15) is 5.82 Å². The van der Waals surface area contributed by atoms with Crippen LogP contribution in [-0.4, -0.2) is 28.7 Å². The minimum absolute atomic E-state index is 0.111. The summed E-state index contributed by atoms with van der Waals surface area (Å²) in [6.07, 6.45) is 3.65. The molecule has 0 fully saturated rings. The average molecular weight is 209 g/mol. The molecular weight excluding hydrogens is 194 g/mol. The van der Waals surface area contributed by atoms with Gasteiger partial charge < -0.3 is 14.6 Å². The fourth-order valence-corrected chi connectivity index (χ4v) is 1.75. The van der Waals surface area contributed by atoms with Crippen LogP contribution < -0.4 is 5.32 Å². The molecule has 5 nitrogen and oxygen atoms in total. The SMILES string of the molecule is CCOC(=O)C1CNCc2nccn2C1. The second kappa shape index (κ2) is 4.44.